The summed E-state index contributed by atoms with van der Waals surface area (Å²) in [6.45, 7) is 4.15. The van der Waals surface area contributed by atoms with Gasteiger partial charge < -0.3 is 15.2 Å². The van der Waals surface area contributed by atoms with Crippen LogP contribution in [0.25, 0.3) is 0 Å². The Labute approximate surface area is 233 Å². The molecule has 2 N–H and O–H groups in total. The van der Waals surface area contributed by atoms with Crippen molar-refractivity contribution in [1.29, 1.82) is 0 Å². The molecule has 0 aromatic carbocycles. The zero-order valence-electron chi connectivity index (χ0n) is 24.8. The van der Waals surface area contributed by atoms with Gasteiger partial charge in [-0.2, -0.15) is 0 Å². The summed E-state index contributed by atoms with van der Waals surface area (Å²) in [5.74, 6) is -1.33. The van der Waals surface area contributed by atoms with Crippen molar-refractivity contribution >= 4 is 17.8 Å². The second kappa shape index (κ2) is 28.2. The Bertz CT molecular complexity index is 605. The summed E-state index contributed by atoms with van der Waals surface area (Å²) in [6, 6.07) is 0. The minimum atomic E-state index is -1.03. The average Bonchev–Trinajstić information content (AvgIpc) is 2.89. The third-order valence-corrected chi connectivity index (χ3v) is 6.92. The number of allylic oxidation sites excluding steroid dienone is 1. The lowest BCUT2D eigenvalue weighted by atomic mass is 10.1. The van der Waals surface area contributed by atoms with Crippen LogP contribution in [-0.2, 0) is 19.1 Å². The predicted molar refractivity (Wildman–Crippen MR) is 157 cm³/mol. The van der Waals surface area contributed by atoms with Gasteiger partial charge in [-0.15, -0.1) is 0 Å². The number of hydrogen-bond donors (Lipinski definition) is 2. The highest BCUT2D eigenvalue weighted by atomic mass is 16.5. The first-order valence-corrected chi connectivity index (χ1v) is 15.8. The number of carboxylic acid groups (broad SMARTS) is 1. The van der Waals surface area contributed by atoms with E-state index in [1.54, 1.807) is 0 Å². The third-order valence-electron chi connectivity index (χ3n) is 6.92. The molecule has 1 atom stereocenters. The number of carboxylic acids is 1. The van der Waals surface area contributed by atoms with Crippen LogP contribution in [-0.4, -0.2) is 35.6 Å². The maximum Gasteiger partial charge on any atom is 0.322 e. The molecule has 38 heavy (non-hydrogen) atoms. The van der Waals surface area contributed by atoms with E-state index < -0.39 is 5.97 Å². The molecule has 1 unspecified atom stereocenters. The first-order chi connectivity index (χ1) is 18.5. The van der Waals surface area contributed by atoms with Crippen molar-refractivity contribution in [2.75, 3.05) is 6.54 Å². The number of rotatable bonds is 28. The smallest absolute Gasteiger partial charge is 0.322 e. The molecule has 6 heteroatoms. The number of amides is 1. The summed E-state index contributed by atoms with van der Waals surface area (Å²) in [5, 5.41) is 11.0. The van der Waals surface area contributed by atoms with Crippen molar-refractivity contribution in [1.82, 2.24) is 5.32 Å². The lowest BCUT2D eigenvalue weighted by Gasteiger charge is -2.15. The molecular weight excluding hydrogens is 478 g/mol. The zero-order chi connectivity index (χ0) is 28.1. The number of aliphatic carboxylic acids is 1. The molecule has 0 radical (unpaired) electrons. The van der Waals surface area contributed by atoms with Gasteiger partial charge in [0.05, 0.1) is 0 Å². The molecule has 0 aromatic rings. The van der Waals surface area contributed by atoms with E-state index in [1.165, 1.54) is 83.5 Å². The lowest BCUT2D eigenvalue weighted by molar-refractivity contribution is -0.147. The van der Waals surface area contributed by atoms with Gasteiger partial charge in [0.1, 0.15) is 12.6 Å². The third kappa shape index (κ3) is 27.2. The fraction of sp³-hybridized carbons (Fsp3) is 0.844. The number of esters is 1. The minimum absolute atomic E-state index is 0.0864. The molecule has 0 aliphatic rings. The SMILES string of the molecule is CCCCCCCCC/C=C\C(CCCCCCC(=O)NCC(=O)O)OC(=O)CCCCCCCCCC. The van der Waals surface area contributed by atoms with Crippen LogP contribution in [0, 0.1) is 0 Å². The molecule has 0 heterocycles. The molecule has 0 saturated heterocycles. The Balaban J connectivity index is 4.25. The summed E-state index contributed by atoms with van der Waals surface area (Å²) in [5.41, 5.74) is 0. The highest BCUT2D eigenvalue weighted by Gasteiger charge is 2.12. The van der Waals surface area contributed by atoms with Crippen molar-refractivity contribution in [3.05, 3.63) is 12.2 Å². The highest BCUT2D eigenvalue weighted by Crippen LogP contribution is 2.15. The van der Waals surface area contributed by atoms with Gasteiger partial charge in [0.15, 0.2) is 0 Å². The van der Waals surface area contributed by atoms with Gasteiger partial charge in [-0.05, 0) is 44.6 Å². The van der Waals surface area contributed by atoms with Crippen molar-refractivity contribution in [2.45, 2.75) is 168 Å². The summed E-state index contributed by atoms with van der Waals surface area (Å²) in [6.07, 6.45) is 29.1. The summed E-state index contributed by atoms with van der Waals surface area (Å²) < 4.78 is 5.84. The van der Waals surface area contributed by atoms with Crippen LogP contribution in [0.2, 0.25) is 0 Å². The molecule has 222 valence electrons. The summed E-state index contributed by atoms with van der Waals surface area (Å²) >= 11 is 0. The maximum atomic E-state index is 12.5. The average molecular weight is 538 g/mol. The van der Waals surface area contributed by atoms with Gasteiger partial charge in [-0.3, -0.25) is 14.4 Å². The molecule has 0 rings (SSSR count). The molecule has 0 aliphatic carbocycles. The fourth-order valence-electron chi connectivity index (χ4n) is 4.54. The first-order valence-electron chi connectivity index (χ1n) is 15.8. The van der Waals surface area contributed by atoms with E-state index in [0.717, 1.165) is 51.4 Å². The molecule has 0 fully saturated rings. The van der Waals surface area contributed by atoms with Gasteiger partial charge >= 0.3 is 11.9 Å². The van der Waals surface area contributed by atoms with E-state index in [0.29, 0.717) is 12.8 Å². The van der Waals surface area contributed by atoms with Gasteiger partial charge in [-0.25, -0.2) is 0 Å². The van der Waals surface area contributed by atoms with E-state index >= 15 is 0 Å². The topological polar surface area (TPSA) is 92.7 Å². The Morgan fingerprint density at radius 3 is 1.76 bits per heavy atom. The van der Waals surface area contributed by atoms with Crippen LogP contribution in [0.5, 0.6) is 0 Å². The van der Waals surface area contributed by atoms with Crippen LogP contribution in [0.3, 0.4) is 0 Å². The van der Waals surface area contributed by atoms with Crippen molar-refractivity contribution in [2.24, 2.45) is 0 Å². The molecule has 6 nitrogen and oxygen atoms in total. The largest absolute Gasteiger partial charge is 0.480 e. The number of nitrogens with one attached hydrogen (secondary N) is 1. The Hall–Kier alpha value is -1.85. The molecular formula is C32H59NO5. The minimum Gasteiger partial charge on any atom is -0.480 e. The highest BCUT2D eigenvalue weighted by molar-refractivity contribution is 5.80. The van der Waals surface area contributed by atoms with Gasteiger partial charge in [0.25, 0.3) is 0 Å². The van der Waals surface area contributed by atoms with Crippen LogP contribution in [0.15, 0.2) is 12.2 Å². The van der Waals surface area contributed by atoms with E-state index in [-0.39, 0.29) is 24.5 Å². The van der Waals surface area contributed by atoms with Crippen LogP contribution >= 0.6 is 0 Å². The molecule has 1 amide bonds. The molecule has 0 aromatic heterocycles. The Kier molecular flexibility index (Phi) is 26.8. The first kappa shape index (κ1) is 36.1. The lowest BCUT2D eigenvalue weighted by Crippen LogP contribution is -2.28. The standard InChI is InChI=1S/C32H59NO5/c1-3-5-7-9-11-13-14-16-20-24-29(25-21-18-19-22-26-30(34)33-28-31(35)36)38-32(37)27-23-17-15-12-10-8-6-4-2/h20,24,29H,3-19,21-23,25-28H2,1-2H3,(H,33,34)(H,35,36)/b24-20-. The van der Waals surface area contributed by atoms with Crippen LogP contribution < -0.4 is 5.32 Å². The van der Waals surface area contributed by atoms with Crippen LogP contribution in [0.4, 0.5) is 0 Å². The maximum absolute atomic E-state index is 12.5. The predicted octanol–water partition coefficient (Wildman–Crippen LogP) is 8.67. The van der Waals surface area contributed by atoms with Gasteiger partial charge in [0, 0.05) is 12.8 Å². The van der Waals surface area contributed by atoms with Crippen molar-refractivity contribution in [3.8, 4) is 0 Å². The number of hydrogen-bond acceptors (Lipinski definition) is 4. The molecule has 0 saturated carbocycles. The normalized spacial score (nSPS) is 12.1. The molecule has 0 bridgehead atoms. The van der Waals surface area contributed by atoms with E-state index in [9.17, 15) is 14.4 Å². The van der Waals surface area contributed by atoms with E-state index in [4.69, 9.17) is 9.84 Å². The van der Waals surface area contributed by atoms with E-state index in [2.05, 4.69) is 31.3 Å². The fourth-order valence-corrected chi connectivity index (χ4v) is 4.54. The second-order valence-corrected chi connectivity index (χ2v) is 10.7. The summed E-state index contributed by atoms with van der Waals surface area (Å²) in [7, 11) is 0. The molecule has 0 aliphatic heterocycles. The Morgan fingerprint density at radius 1 is 0.684 bits per heavy atom. The zero-order valence-corrected chi connectivity index (χ0v) is 24.8. The Morgan fingerprint density at radius 2 is 1.18 bits per heavy atom. The van der Waals surface area contributed by atoms with Crippen molar-refractivity contribution < 1.29 is 24.2 Å². The summed E-state index contributed by atoms with van der Waals surface area (Å²) in [4.78, 5) is 34.6. The second-order valence-electron chi connectivity index (χ2n) is 10.7. The van der Waals surface area contributed by atoms with E-state index in [1.807, 2.05) is 0 Å². The van der Waals surface area contributed by atoms with Crippen LogP contribution in [0.1, 0.15) is 162 Å². The number of carbonyl (C=O) groups is 3. The van der Waals surface area contributed by atoms with Gasteiger partial charge in [-0.1, -0.05) is 116 Å². The quantitative estimate of drug-likeness (QED) is 0.0591. The van der Waals surface area contributed by atoms with Gasteiger partial charge in [0.2, 0.25) is 5.91 Å². The number of ether oxygens (including phenoxy) is 1. The number of carbonyl (C=O) groups excluding carboxylic acids is 2. The monoisotopic (exact) mass is 537 g/mol. The number of unbranched alkanes of at least 4 members (excludes halogenated alkanes) is 17. The van der Waals surface area contributed by atoms with Crippen molar-refractivity contribution in [3.63, 3.8) is 0 Å². The molecule has 0 spiro atoms.